The Morgan fingerprint density at radius 3 is 2.65 bits per heavy atom. The lowest BCUT2D eigenvalue weighted by molar-refractivity contribution is -0.384. The largest absolute Gasteiger partial charge is 0.379 e. The van der Waals surface area contributed by atoms with Crippen LogP contribution in [0, 0.1) is 21.7 Å². The summed E-state index contributed by atoms with van der Waals surface area (Å²) in [4.78, 5) is 21.3. The number of anilines is 2. The van der Waals surface area contributed by atoms with Crippen molar-refractivity contribution in [1.82, 2.24) is 10.3 Å². The van der Waals surface area contributed by atoms with E-state index in [1.807, 2.05) is 5.32 Å². The van der Waals surface area contributed by atoms with Gasteiger partial charge < -0.3 is 11.1 Å². The van der Waals surface area contributed by atoms with Crippen molar-refractivity contribution in [2.24, 2.45) is 0 Å². The maximum atomic E-state index is 13.5. The van der Waals surface area contributed by atoms with Gasteiger partial charge in [-0.15, -0.1) is 0 Å². The van der Waals surface area contributed by atoms with E-state index in [0.29, 0.717) is 12.1 Å². The maximum absolute atomic E-state index is 13.5. The Balaban J connectivity index is 2.41. The molecule has 0 saturated heterocycles. The van der Waals surface area contributed by atoms with Gasteiger partial charge in [-0.05, 0) is 10.3 Å². The molecule has 0 bridgehead atoms. The second-order valence-corrected chi connectivity index (χ2v) is 3.49. The standard InChI is InChI=1S/C9H5F2N5O4/c10-3-1-4(11)6(5(2-3)16(18)19)13-9(17)7-8(12)15-20-14-7/h1-2H,(H2,12,15)(H,13,17). The average Bonchev–Trinajstić information content (AvgIpc) is 2.78. The number of nitrogen functional groups attached to an aromatic ring is 1. The fraction of sp³-hybridized carbons (Fsp3) is 0. The third-order valence-corrected chi connectivity index (χ3v) is 2.20. The van der Waals surface area contributed by atoms with Crippen molar-refractivity contribution in [3.8, 4) is 0 Å². The van der Waals surface area contributed by atoms with Crippen LogP contribution in [-0.2, 0) is 0 Å². The normalized spacial score (nSPS) is 10.3. The van der Waals surface area contributed by atoms with Gasteiger partial charge in [0.25, 0.3) is 11.6 Å². The molecule has 0 spiro atoms. The molecule has 2 aromatic rings. The molecule has 2 rings (SSSR count). The van der Waals surface area contributed by atoms with Crippen LogP contribution >= 0.6 is 0 Å². The fourth-order valence-corrected chi connectivity index (χ4v) is 1.35. The van der Waals surface area contributed by atoms with E-state index in [0.717, 1.165) is 0 Å². The highest BCUT2D eigenvalue weighted by Crippen LogP contribution is 2.29. The number of nitro groups is 1. The Hall–Kier alpha value is -3.11. The van der Waals surface area contributed by atoms with Gasteiger partial charge in [-0.25, -0.2) is 13.4 Å². The first-order chi connectivity index (χ1) is 9.40. The van der Waals surface area contributed by atoms with Gasteiger partial charge in [0.15, 0.2) is 11.5 Å². The SMILES string of the molecule is Nc1nonc1C(=O)Nc1c(F)cc(F)cc1[N+](=O)[O-]. The first-order valence-electron chi connectivity index (χ1n) is 4.93. The van der Waals surface area contributed by atoms with Crippen molar-refractivity contribution in [3.05, 3.63) is 39.6 Å². The van der Waals surface area contributed by atoms with Crippen molar-refractivity contribution < 1.29 is 23.1 Å². The van der Waals surface area contributed by atoms with Gasteiger partial charge in [-0.1, -0.05) is 0 Å². The van der Waals surface area contributed by atoms with Gasteiger partial charge in [-0.3, -0.25) is 14.9 Å². The van der Waals surface area contributed by atoms with Crippen molar-refractivity contribution in [1.29, 1.82) is 0 Å². The number of aromatic nitrogens is 2. The number of rotatable bonds is 3. The molecule has 104 valence electrons. The number of carbonyl (C=O) groups excluding carboxylic acids is 1. The van der Waals surface area contributed by atoms with Crippen LogP contribution in [0.4, 0.5) is 26.0 Å². The molecule has 1 aromatic heterocycles. The first kappa shape index (κ1) is 13.3. The predicted molar refractivity (Wildman–Crippen MR) is 59.7 cm³/mol. The minimum absolute atomic E-state index is 0.382. The van der Waals surface area contributed by atoms with E-state index in [-0.39, 0.29) is 5.82 Å². The second-order valence-electron chi connectivity index (χ2n) is 3.49. The van der Waals surface area contributed by atoms with Crippen LogP contribution < -0.4 is 11.1 Å². The molecule has 0 saturated carbocycles. The zero-order valence-corrected chi connectivity index (χ0v) is 9.46. The average molecular weight is 285 g/mol. The van der Waals surface area contributed by atoms with Crippen LogP contribution in [0.2, 0.25) is 0 Å². The van der Waals surface area contributed by atoms with Gasteiger partial charge in [0, 0.05) is 6.07 Å². The molecule has 3 N–H and O–H groups in total. The lowest BCUT2D eigenvalue weighted by Crippen LogP contribution is -2.16. The minimum atomic E-state index is -1.32. The summed E-state index contributed by atoms with van der Waals surface area (Å²) in [5.41, 5.74) is 2.99. The Kier molecular flexibility index (Phi) is 3.25. The molecule has 0 aliphatic rings. The molecule has 9 nitrogen and oxygen atoms in total. The second kappa shape index (κ2) is 4.87. The van der Waals surface area contributed by atoms with Crippen molar-refractivity contribution in [2.75, 3.05) is 11.1 Å². The van der Waals surface area contributed by atoms with E-state index in [1.54, 1.807) is 0 Å². The Labute approximate surface area is 108 Å². The third-order valence-electron chi connectivity index (χ3n) is 2.20. The van der Waals surface area contributed by atoms with Gasteiger partial charge in [0.1, 0.15) is 5.82 Å². The third kappa shape index (κ3) is 2.36. The topological polar surface area (TPSA) is 137 Å². The molecular weight excluding hydrogens is 280 g/mol. The number of hydrogen-bond acceptors (Lipinski definition) is 7. The molecule has 1 heterocycles. The Morgan fingerprint density at radius 1 is 1.40 bits per heavy atom. The molecule has 1 amide bonds. The molecule has 20 heavy (non-hydrogen) atoms. The van der Waals surface area contributed by atoms with Gasteiger partial charge in [0.2, 0.25) is 11.5 Å². The number of nitro benzene ring substituents is 1. The quantitative estimate of drug-likeness (QED) is 0.635. The predicted octanol–water partition coefficient (Wildman–Crippen LogP) is 1.09. The number of halogens is 2. The van der Waals surface area contributed by atoms with Crippen molar-refractivity contribution >= 4 is 23.1 Å². The molecule has 11 heteroatoms. The monoisotopic (exact) mass is 285 g/mol. The molecule has 0 aliphatic carbocycles. The number of benzene rings is 1. The summed E-state index contributed by atoms with van der Waals surface area (Å²) in [6.45, 7) is 0. The summed E-state index contributed by atoms with van der Waals surface area (Å²) >= 11 is 0. The van der Waals surface area contributed by atoms with Gasteiger partial charge in [-0.2, -0.15) is 0 Å². The molecule has 0 fully saturated rings. The fourth-order valence-electron chi connectivity index (χ4n) is 1.35. The Bertz CT molecular complexity index is 702. The molecule has 0 unspecified atom stereocenters. The zero-order valence-electron chi connectivity index (χ0n) is 9.46. The lowest BCUT2D eigenvalue weighted by atomic mass is 10.2. The van der Waals surface area contributed by atoms with Crippen molar-refractivity contribution in [2.45, 2.75) is 0 Å². The maximum Gasteiger partial charge on any atom is 0.298 e. The number of hydrogen-bond donors (Lipinski definition) is 2. The van der Waals surface area contributed by atoms with E-state index >= 15 is 0 Å². The molecular formula is C9H5F2N5O4. The van der Waals surface area contributed by atoms with Crippen LogP contribution in [0.5, 0.6) is 0 Å². The van der Waals surface area contributed by atoms with Gasteiger partial charge in [0.05, 0.1) is 11.0 Å². The van der Waals surface area contributed by atoms with Crippen LogP contribution in [-0.4, -0.2) is 21.1 Å². The number of nitrogens with one attached hydrogen (secondary N) is 1. The number of carbonyl (C=O) groups is 1. The van der Waals surface area contributed by atoms with Crippen LogP contribution in [0.15, 0.2) is 16.8 Å². The summed E-state index contributed by atoms with van der Waals surface area (Å²) in [5, 5.41) is 18.8. The summed E-state index contributed by atoms with van der Waals surface area (Å²) in [5.74, 6) is -3.94. The van der Waals surface area contributed by atoms with Crippen LogP contribution in [0.25, 0.3) is 0 Å². The summed E-state index contributed by atoms with van der Waals surface area (Å²) in [6.07, 6.45) is 0. The van der Waals surface area contributed by atoms with E-state index in [1.165, 1.54) is 0 Å². The minimum Gasteiger partial charge on any atom is -0.379 e. The van der Waals surface area contributed by atoms with E-state index in [2.05, 4.69) is 14.9 Å². The highest BCUT2D eigenvalue weighted by Gasteiger charge is 2.25. The van der Waals surface area contributed by atoms with Crippen molar-refractivity contribution in [3.63, 3.8) is 0 Å². The summed E-state index contributed by atoms with van der Waals surface area (Å²) in [6, 6.07) is 0.843. The van der Waals surface area contributed by atoms with Gasteiger partial charge >= 0.3 is 0 Å². The first-order valence-corrected chi connectivity index (χ1v) is 4.93. The van der Waals surface area contributed by atoms with Crippen LogP contribution in [0.1, 0.15) is 10.5 Å². The molecule has 0 radical (unpaired) electrons. The molecule has 0 aliphatic heterocycles. The molecule has 1 aromatic carbocycles. The molecule has 0 atom stereocenters. The summed E-state index contributed by atoms with van der Waals surface area (Å²) in [7, 11) is 0. The summed E-state index contributed by atoms with van der Waals surface area (Å²) < 4.78 is 30.6. The van der Waals surface area contributed by atoms with E-state index in [9.17, 15) is 23.7 Å². The lowest BCUT2D eigenvalue weighted by Gasteiger charge is -2.05. The van der Waals surface area contributed by atoms with Crippen LogP contribution in [0.3, 0.4) is 0 Å². The van der Waals surface area contributed by atoms with E-state index in [4.69, 9.17) is 5.73 Å². The Morgan fingerprint density at radius 2 is 2.10 bits per heavy atom. The highest BCUT2D eigenvalue weighted by molar-refractivity contribution is 6.06. The van der Waals surface area contributed by atoms with E-state index < -0.39 is 39.5 Å². The zero-order chi connectivity index (χ0) is 14.9. The number of amides is 1. The number of nitrogens with zero attached hydrogens (tertiary/aromatic N) is 3. The highest BCUT2D eigenvalue weighted by atomic mass is 19.1. The smallest absolute Gasteiger partial charge is 0.298 e. The number of nitrogens with two attached hydrogens (primary N) is 1.